The maximum Gasteiger partial charge on any atom is 0.251 e. The molecule has 0 fully saturated rings. The van der Waals surface area contributed by atoms with Gasteiger partial charge in [-0.1, -0.05) is 33.8 Å². The Labute approximate surface area is 136 Å². The first kappa shape index (κ1) is 18.5. The summed E-state index contributed by atoms with van der Waals surface area (Å²) < 4.78 is 1.40. The van der Waals surface area contributed by atoms with Crippen LogP contribution in [0.5, 0.6) is 0 Å². The van der Waals surface area contributed by atoms with E-state index in [4.69, 9.17) is 5.26 Å². The van der Waals surface area contributed by atoms with Crippen molar-refractivity contribution in [2.75, 3.05) is 5.75 Å². The van der Waals surface area contributed by atoms with Gasteiger partial charge in [0.05, 0.1) is 6.07 Å². The lowest BCUT2D eigenvalue weighted by Gasteiger charge is -2.19. The van der Waals surface area contributed by atoms with Crippen molar-refractivity contribution in [2.45, 2.75) is 45.9 Å². The first-order chi connectivity index (χ1) is 10.3. The Kier molecular flexibility index (Phi) is 7.40. The molecule has 0 saturated carbocycles. The molecule has 0 spiro atoms. The Bertz CT molecular complexity index is 599. The number of nitrogens with zero attached hydrogens (tertiary/aromatic N) is 2. The van der Waals surface area contributed by atoms with Gasteiger partial charge in [0.1, 0.15) is 12.3 Å². The van der Waals surface area contributed by atoms with Crippen molar-refractivity contribution in [1.82, 2.24) is 4.57 Å². The summed E-state index contributed by atoms with van der Waals surface area (Å²) in [5.41, 5.74) is 0.752. The second-order valence-electron chi connectivity index (χ2n) is 6.13. The summed E-state index contributed by atoms with van der Waals surface area (Å²) in [6.45, 7) is 8.13. The van der Waals surface area contributed by atoms with Crippen molar-refractivity contribution in [3.05, 3.63) is 34.2 Å². The Hall–Kier alpha value is -1.54. The summed E-state index contributed by atoms with van der Waals surface area (Å²) in [7, 11) is 0. The molecule has 1 atom stereocenters. The van der Waals surface area contributed by atoms with Crippen LogP contribution in [0.1, 0.15) is 44.9 Å². The van der Waals surface area contributed by atoms with Crippen molar-refractivity contribution in [2.24, 2.45) is 11.8 Å². The molecular weight excluding hydrogens is 296 g/mol. The Morgan fingerprint density at radius 1 is 1.32 bits per heavy atom. The summed E-state index contributed by atoms with van der Waals surface area (Å²) in [4.78, 5) is 23.8. The summed E-state index contributed by atoms with van der Waals surface area (Å²) in [6.07, 6.45) is 2.18. The third-order valence-electron chi connectivity index (χ3n) is 3.28. The number of carbonyl (C=O) groups excluding carboxylic acids is 1. The smallest absolute Gasteiger partial charge is 0.251 e. The first-order valence-electron chi connectivity index (χ1n) is 7.56. The molecule has 1 heterocycles. The van der Waals surface area contributed by atoms with E-state index < -0.39 is 0 Å². The van der Waals surface area contributed by atoms with E-state index in [1.165, 1.54) is 10.6 Å². The van der Waals surface area contributed by atoms with Crippen LogP contribution in [0, 0.1) is 23.2 Å². The van der Waals surface area contributed by atoms with Crippen LogP contribution in [0.3, 0.4) is 0 Å². The van der Waals surface area contributed by atoms with Crippen LogP contribution < -0.4 is 5.56 Å². The number of thioether (sulfide) groups is 1. The number of ketones is 1. The van der Waals surface area contributed by atoms with Crippen LogP contribution >= 0.6 is 11.8 Å². The van der Waals surface area contributed by atoms with Gasteiger partial charge in [-0.2, -0.15) is 17.0 Å². The topological polar surface area (TPSA) is 62.9 Å². The molecule has 0 N–H and O–H groups in total. The van der Waals surface area contributed by atoms with Gasteiger partial charge in [-0.05, 0) is 17.2 Å². The van der Waals surface area contributed by atoms with Crippen molar-refractivity contribution in [1.29, 1.82) is 5.26 Å². The fourth-order valence-corrected chi connectivity index (χ4v) is 3.17. The predicted molar refractivity (Wildman–Crippen MR) is 90.8 cm³/mol. The Morgan fingerprint density at radius 3 is 2.55 bits per heavy atom. The number of aromatic nitrogens is 1. The highest BCUT2D eigenvalue weighted by Crippen LogP contribution is 2.34. The molecule has 0 aromatic carbocycles. The Balaban J connectivity index is 3.04. The van der Waals surface area contributed by atoms with Gasteiger partial charge in [0.25, 0.3) is 5.56 Å². The van der Waals surface area contributed by atoms with Gasteiger partial charge in [0.2, 0.25) is 0 Å². The molecule has 1 unspecified atom stereocenters. The minimum Gasteiger partial charge on any atom is -0.301 e. The van der Waals surface area contributed by atoms with Crippen LogP contribution in [0.25, 0.3) is 0 Å². The highest BCUT2D eigenvalue weighted by atomic mass is 32.2. The highest BCUT2D eigenvalue weighted by molar-refractivity contribution is 7.99. The van der Waals surface area contributed by atoms with Gasteiger partial charge in [0, 0.05) is 29.9 Å². The fourth-order valence-electron chi connectivity index (χ4n) is 1.94. The third kappa shape index (κ3) is 5.69. The first-order valence-corrected chi connectivity index (χ1v) is 8.61. The lowest BCUT2D eigenvalue weighted by molar-refractivity contribution is -0.121. The van der Waals surface area contributed by atoms with E-state index >= 15 is 0 Å². The van der Waals surface area contributed by atoms with Crippen LogP contribution in [-0.2, 0) is 11.3 Å². The molecule has 5 heteroatoms. The SMILES string of the molecule is CC(C)CSC(CC(=O)C(C)C)c1ccc(=O)n(CC#N)c1. The molecule has 0 aliphatic carbocycles. The van der Waals surface area contributed by atoms with E-state index in [0.717, 1.165) is 11.3 Å². The van der Waals surface area contributed by atoms with E-state index in [2.05, 4.69) is 13.8 Å². The van der Waals surface area contributed by atoms with Crippen molar-refractivity contribution in [3.63, 3.8) is 0 Å². The fraction of sp³-hybridized carbons (Fsp3) is 0.588. The van der Waals surface area contributed by atoms with Crippen LogP contribution in [-0.4, -0.2) is 16.1 Å². The van der Waals surface area contributed by atoms with Gasteiger partial charge < -0.3 is 4.57 Å². The molecule has 0 radical (unpaired) electrons. The average Bonchev–Trinajstić information content (AvgIpc) is 2.45. The minimum absolute atomic E-state index is 0.00663. The van der Waals surface area contributed by atoms with Crippen LogP contribution in [0.15, 0.2) is 23.1 Å². The largest absolute Gasteiger partial charge is 0.301 e. The molecule has 0 amide bonds. The normalized spacial score (nSPS) is 12.4. The quantitative estimate of drug-likeness (QED) is 0.736. The van der Waals surface area contributed by atoms with Crippen LogP contribution in [0.2, 0.25) is 0 Å². The number of pyridine rings is 1. The number of Topliss-reactive ketones (excluding diaryl/α,β-unsaturated/α-hetero) is 1. The molecule has 0 aliphatic rings. The molecule has 0 aliphatic heterocycles. The number of nitriles is 1. The molecular formula is C17H24N2O2S. The standard InChI is InChI=1S/C17H24N2O2S/c1-12(2)11-22-16(9-15(20)13(3)4)14-5-6-17(21)19(10-14)8-7-18/h5-6,10,12-13,16H,8-9,11H2,1-4H3. The van der Waals surface area contributed by atoms with Gasteiger partial charge >= 0.3 is 0 Å². The van der Waals surface area contributed by atoms with Crippen molar-refractivity contribution < 1.29 is 4.79 Å². The zero-order chi connectivity index (χ0) is 16.7. The van der Waals surface area contributed by atoms with E-state index in [1.54, 1.807) is 24.0 Å². The van der Waals surface area contributed by atoms with Gasteiger partial charge in [-0.3, -0.25) is 9.59 Å². The van der Waals surface area contributed by atoms with E-state index in [-0.39, 0.29) is 29.1 Å². The Morgan fingerprint density at radius 2 is 2.00 bits per heavy atom. The monoisotopic (exact) mass is 320 g/mol. The highest BCUT2D eigenvalue weighted by Gasteiger charge is 2.19. The molecule has 120 valence electrons. The average molecular weight is 320 g/mol. The number of rotatable bonds is 8. The molecule has 1 rings (SSSR count). The molecule has 0 bridgehead atoms. The maximum absolute atomic E-state index is 12.1. The lowest BCUT2D eigenvalue weighted by Crippen LogP contribution is -2.20. The van der Waals surface area contributed by atoms with Crippen molar-refractivity contribution >= 4 is 17.5 Å². The number of carbonyl (C=O) groups is 1. The van der Waals surface area contributed by atoms with Crippen LogP contribution in [0.4, 0.5) is 0 Å². The number of hydrogen-bond acceptors (Lipinski definition) is 4. The van der Waals surface area contributed by atoms with Crippen molar-refractivity contribution in [3.8, 4) is 6.07 Å². The molecule has 4 nitrogen and oxygen atoms in total. The lowest BCUT2D eigenvalue weighted by atomic mass is 10.0. The van der Waals surface area contributed by atoms with Gasteiger partial charge in [-0.15, -0.1) is 0 Å². The van der Waals surface area contributed by atoms with E-state index in [1.807, 2.05) is 19.9 Å². The second kappa shape index (κ2) is 8.79. The second-order valence-corrected chi connectivity index (χ2v) is 7.36. The summed E-state index contributed by atoms with van der Waals surface area (Å²) >= 11 is 1.74. The zero-order valence-electron chi connectivity index (χ0n) is 13.7. The third-order valence-corrected chi connectivity index (χ3v) is 4.98. The minimum atomic E-state index is -0.187. The summed E-state index contributed by atoms with van der Waals surface area (Å²) in [5, 5.41) is 8.83. The number of hydrogen-bond donors (Lipinski definition) is 0. The summed E-state index contributed by atoms with van der Waals surface area (Å²) in [5.74, 6) is 1.71. The van der Waals surface area contributed by atoms with Gasteiger partial charge in [-0.25, -0.2) is 0 Å². The molecule has 1 aromatic rings. The molecule has 1 aromatic heterocycles. The maximum atomic E-state index is 12.1. The van der Waals surface area contributed by atoms with Gasteiger partial charge in [0.15, 0.2) is 0 Å². The zero-order valence-corrected chi connectivity index (χ0v) is 14.5. The molecule has 22 heavy (non-hydrogen) atoms. The predicted octanol–water partition coefficient (Wildman–Crippen LogP) is 3.42. The van der Waals surface area contributed by atoms with E-state index in [9.17, 15) is 9.59 Å². The molecule has 0 saturated heterocycles. The summed E-state index contributed by atoms with van der Waals surface area (Å²) in [6, 6.07) is 5.25. The van der Waals surface area contributed by atoms with E-state index in [0.29, 0.717) is 12.3 Å².